The maximum atomic E-state index is 12.4. The molecule has 1 saturated heterocycles. The molecule has 1 amide bonds. The van der Waals surface area contributed by atoms with Crippen molar-refractivity contribution in [1.29, 1.82) is 0 Å². The van der Waals surface area contributed by atoms with Crippen LogP contribution in [0.2, 0.25) is 0 Å². The fraction of sp³-hybridized carbons (Fsp3) is 0.333. The molecule has 0 aliphatic carbocycles. The summed E-state index contributed by atoms with van der Waals surface area (Å²) in [6.07, 6.45) is 0.708. The van der Waals surface area contributed by atoms with Gasteiger partial charge in [-0.1, -0.05) is 12.1 Å². The molecule has 0 unspecified atom stereocenters. The van der Waals surface area contributed by atoms with Crippen LogP contribution in [0.3, 0.4) is 0 Å². The van der Waals surface area contributed by atoms with E-state index in [4.69, 9.17) is 12.2 Å². The Balaban J connectivity index is 1.94. The second kappa shape index (κ2) is 4.30. The lowest BCUT2D eigenvalue weighted by atomic mass is 9.93. The number of aromatic nitrogens is 1. The zero-order chi connectivity index (χ0) is 14.9. The SMILES string of the molecule is C[C@H]1c2[nH]c3c(Br)cccc3c2C[C@@H]2C(=O)N(C)C(=S)N21. The van der Waals surface area contributed by atoms with E-state index in [2.05, 4.69) is 38.8 Å². The van der Waals surface area contributed by atoms with Crippen LogP contribution in [0.15, 0.2) is 22.7 Å². The van der Waals surface area contributed by atoms with Gasteiger partial charge in [0.05, 0.1) is 11.6 Å². The molecule has 108 valence electrons. The largest absolute Gasteiger partial charge is 0.356 e. The molecular formula is C15H14BrN3OS. The van der Waals surface area contributed by atoms with E-state index >= 15 is 0 Å². The summed E-state index contributed by atoms with van der Waals surface area (Å²) in [7, 11) is 1.76. The van der Waals surface area contributed by atoms with Crippen molar-refractivity contribution in [3.05, 3.63) is 33.9 Å². The predicted molar refractivity (Wildman–Crippen MR) is 89.1 cm³/mol. The lowest BCUT2D eigenvalue weighted by Crippen LogP contribution is -2.42. The normalized spacial score (nSPS) is 24.7. The maximum absolute atomic E-state index is 12.4. The summed E-state index contributed by atoms with van der Waals surface area (Å²) in [5.41, 5.74) is 3.51. The number of likely N-dealkylation sites (N-methyl/N-ethyl adjacent to an activating group) is 1. The van der Waals surface area contributed by atoms with Gasteiger partial charge in [-0.25, -0.2) is 0 Å². The van der Waals surface area contributed by atoms with Crippen molar-refractivity contribution in [2.75, 3.05) is 7.05 Å². The van der Waals surface area contributed by atoms with Gasteiger partial charge in [0, 0.05) is 29.0 Å². The number of para-hydroxylation sites is 1. The number of amides is 1. The second-order valence-electron chi connectivity index (χ2n) is 5.66. The number of carbonyl (C=O) groups is 1. The van der Waals surface area contributed by atoms with E-state index in [1.54, 1.807) is 11.9 Å². The molecule has 2 atom stereocenters. The minimum Gasteiger partial charge on any atom is -0.356 e. The Morgan fingerprint density at radius 3 is 2.95 bits per heavy atom. The zero-order valence-corrected chi connectivity index (χ0v) is 14.1. The van der Waals surface area contributed by atoms with Gasteiger partial charge in [0.1, 0.15) is 6.04 Å². The third kappa shape index (κ3) is 1.60. The molecule has 3 heterocycles. The average Bonchev–Trinajstić information content (AvgIpc) is 2.94. The second-order valence-corrected chi connectivity index (χ2v) is 6.88. The summed E-state index contributed by atoms with van der Waals surface area (Å²) in [5, 5.41) is 1.82. The van der Waals surface area contributed by atoms with Crippen molar-refractivity contribution in [1.82, 2.24) is 14.8 Å². The summed E-state index contributed by atoms with van der Waals surface area (Å²) >= 11 is 9.03. The molecule has 4 rings (SSSR count). The highest BCUT2D eigenvalue weighted by Crippen LogP contribution is 2.41. The highest BCUT2D eigenvalue weighted by atomic mass is 79.9. The molecule has 0 spiro atoms. The first kappa shape index (κ1) is 13.3. The Kier molecular flexibility index (Phi) is 2.72. The number of nitrogens with one attached hydrogen (secondary N) is 1. The van der Waals surface area contributed by atoms with Crippen molar-refractivity contribution in [3.63, 3.8) is 0 Å². The topological polar surface area (TPSA) is 39.3 Å². The van der Waals surface area contributed by atoms with Crippen LogP contribution in [0.4, 0.5) is 0 Å². The molecule has 2 aromatic rings. The summed E-state index contributed by atoms with van der Waals surface area (Å²) in [6.45, 7) is 2.10. The summed E-state index contributed by atoms with van der Waals surface area (Å²) in [6, 6.07) is 6.09. The van der Waals surface area contributed by atoms with E-state index in [-0.39, 0.29) is 18.0 Å². The Morgan fingerprint density at radius 1 is 1.43 bits per heavy atom. The molecule has 2 aliphatic rings. The van der Waals surface area contributed by atoms with Crippen LogP contribution in [0, 0.1) is 0 Å². The number of hydrogen-bond acceptors (Lipinski definition) is 2. The van der Waals surface area contributed by atoms with Crippen molar-refractivity contribution in [2.24, 2.45) is 0 Å². The highest BCUT2D eigenvalue weighted by molar-refractivity contribution is 9.10. The fourth-order valence-electron chi connectivity index (χ4n) is 3.53. The molecule has 1 aromatic carbocycles. The third-order valence-corrected chi connectivity index (χ3v) is 5.76. The molecular weight excluding hydrogens is 350 g/mol. The molecule has 21 heavy (non-hydrogen) atoms. The molecule has 6 heteroatoms. The van der Waals surface area contributed by atoms with E-state index < -0.39 is 0 Å². The first-order chi connectivity index (χ1) is 10.0. The number of nitrogens with zero attached hydrogens (tertiary/aromatic N) is 2. The monoisotopic (exact) mass is 363 g/mol. The van der Waals surface area contributed by atoms with Gasteiger partial charge in [0.15, 0.2) is 5.11 Å². The van der Waals surface area contributed by atoms with E-state index in [0.29, 0.717) is 11.5 Å². The number of H-pyrrole nitrogens is 1. The van der Waals surface area contributed by atoms with Gasteiger partial charge in [-0.3, -0.25) is 9.69 Å². The average molecular weight is 364 g/mol. The molecule has 0 saturated carbocycles. The van der Waals surface area contributed by atoms with Gasteiger partial charge in [-0.2, -0.15) is 0 Å². The quantitative estimate of drug-likeness (QED) is 0.731. The van der Waals surface area contributed by atoms with E-state index in [1.807, 2.05) is 12.1 Å². The van der Waals surface area contributed by atoms with Gasteiger partial charge in [-0.05, 0) is 46.7 Å². The van der Waals surface area contributed by atoms with Gasteiger partial charge in [0.2, 0.25) is 0 Å². The van der Waals surface area contributed by atoms with Crippen molar-refractivity contribution < 1.29 is 4.79 Å². The minimum absolute atomic E-state index is 0.0828. The number of benzene rings is 1. The molecule has 4 nitrogen and oxygen atoms in total. The van der Waals surface area contributed by atoms with Crippen LogP contribution in [0.5, 0.6) is 0 Å². The van der Waals surface area contributed by atoms with E-state index in [1.165, 1.54) is 16.6 Å². The molecule has 2 aliphatic heterocycles. The van der Waals surface area contributed by atoms with Crippen molar-refractivity contribution in [3.8, 4) is 0 Å². The summed E-state index contributed by atoms with van der Waals surface area (Å²) < 4.78 is 1.05. The molecule has 0 bridgehead atoms. The standard InChI is InChI=1S/C15H14BrN3OS/c1-7-12-9(8-4-3-5-10(16)13(8)17-12)6-11-14(20)18(2)15(21)19(7)11/h3-5,7,11,17H,6H2,1-2H3/t7-,11+/m0/s1. The third-order valence-electron chi connectivity index (χ3n) is 4.62. The van der Waals surface area contributed by atoms with Crippen LogP contribution in [0.1, 0.15) is 24.2 Å². The Morgan fingerprint density at radius 2 is 2.19 bits per heavy atom. The number of aromatic amines is 1. The Labute approximate surface area is 136 Å². The van der Waals surface area contributed by atoms with Gasteiger partial charge in [0.25, 0.3) is 5.91 Å². The fourth-order valence-corrected chi connectivity index (χ4v) is 4.37. The van der Waals surface area contributed by atoms with Crippen molar-refractivity contribution in [2.45, 2.75) is 25.4 Å². The Hall–Kier alpha value is -1.40. The Bertz CT molecular complexity index is 800. The number of rotatable bonds is 0. The molecule has 1 fully saturated rings. The predicted octanol–water partition coefficient (Wildman–Crippen LogP) is 2.98. The van der Waals surface area contributed by atoms with E-state index in [9.17, 15) is 4.79 Å². The lowest BCUT2D eigenvalue weighted by molar-refractivity contribution is -0.127. The summed E-state index contributed by atoms with van der Waals surface area (Å²) in [4.78, 5) is 19.6. The van der Waals surface area contributed by atoms with Gasteiger partial charge in [-0.15, -0.1) is 0 Å². The summed E-state index contributed by atoms with van der Waals surface area (Å²) in [5.74, 6) is 0.0989. The number of carbonyl (C=O) groups excluding carboxylic acids is 1. The number of halogens is 1. The number of fused-ring (bicyclic) bond motifs is 4. The van der Waals surface area contributed by atoms with E-state index in [0.717, 1.165) is 9.99 Å². The van der Waals surface area contributed by atoms with Gasteiger partial charge < -0.3 is 9.88 Å². The highest BCUT2D eigenvalue weighted by Gasteiger charge is 2.47. The van der Waals surface area contributed by atoms with Crippen LogP contribution in [0.25, 0.3) is 10.9 Å². The van der Waals surface area contributed by atoms with Crippen LogP contribution < -0.4 is 0 Å². The molecule has 1 N–H and O–H groups in total. The molecule has 1 aromatic heterocycles. The first-order valence-electron chi connectivity index (χ1n) is 6.89. The number of hydrogen-bond donors (Lipinski definition) is 1. The molecule has 0 radical (unpaired) electrons. The lowest BCUT2D eigenvalue weighted by Gasteiger charge is -2.34. The van der Waals surface area contributed by atoms with Crippen LogP contribution in [-0.4, -0.2) is 38.9 Å². The number of thiocarbonyl (C=S) groups is 1. The first-order valence-corrected chi connectivity index (χ1v) is 8.09. The van der Waals surface area contributed by atoms with Crippen molar-refractivity contribution >= 4 is 50.1 Å². The smallest absolute Gasteiger partial charge is 0.251 e. The van der Waals surface area contributed by atoms with Crippen LogP contribution in [-0.2, 0) is 11.2 Å². The van der Waals surface area contributed by atoms with Crippen LogP contribution >= 0.6 is 28.1 Å². The van der Waals surface area contributed by atoms with Gasteiger partial charge >= 0.3 is 0 Å². The maximum Gasteiger partial charge on any atom is 0.251 e. The minimum atomic E-state index is -0.164. The zero-order valence-electron chi connectivity index (χ0n) is 11.7.